The van der Waals surface area contributed by atoms with Gasteiger partial charge in [-0.15, -0.1) is 3.63 Å². The van der Waals surface area contributed by atoms with Crippen LogP contribution in [0.1, 0.15) is 0 Å². The Bertz CT molecular complexity index is 344. The number of rotatable bonds is 13. The van der Waals surface area contributed by atoms with Crippen LogP contribution in [0.2, 0.25) is 0 Å². The van der Waals surface area contributed by atoms with E-state index in [-0.39, 0.29) is 0 Å². The van der Waals surface area contributed by atoms with Gasteiger partial charge in [0.25, 0.3) is 0 Å². The topological polar surface area (TPSA) is 201 Å². The maximum absolute atomic E-state index is 10.7. The molecule has 0 bridgehead atoms. The molecule has 0 radical (unpaired) electrons. The molecule has 0 amide bonds. The molecular formula is H2O16S4. The second-order valence-corrected chi connectivity index (χ2v) is 4.50. The smallest absolute Gasteiger partial charge is 0.220 e. The summed E-state index contributed by atoms with van der Waals surface area (Å²) in [6.45, 7) is 0. The first-order valence-corrected chi connectivity index (χ1v) is 7.20. The Morgan fingerprint density at radius 1 is 0.550 bits per heavy atom. The highest BCUT2D eigenvalue weighted by Gasteiger charge is 2.16. The summed E-state index contributed by atoms with van der Waals surface area (Å²) in [5.74, 6) is 0. The summed E-state index contributed by atoms with van der Waals surface area (Å²) >= 11 is -11.5. The largest absolute Gasteiger partial charge is 0.367 e. The predicted octanol–water partition coefficient (Wildman–Crippen LogP) is -2.01. The molecule has 20 heavy (non-hydrogen) atoms. The van der Waals surface area contributed by atoms with Gasteiger partial charge in [-0.2, -0.15) is 16.8 Å². The van der Waals surface area contributed by atoms with Crippen molar-refractivity contribution < 1.29 is 72.1 Å². The first-order chi connectivity index (χ1) is 9.49. The summed E-state index contributed by atoms with van der Waals surface area (Å²) in [4.78, 5) is 0. The van der Waals surface area contributed by atoms with E-state index in [1.807, 2.05) is 0 Å². The van der Waals surface area contributed by atoms with Gasteiger partial charge in [0, 0.05) is 0 Å². The minimum atomic E-state index is -2.96. The maximum Gasteiger partial charge on any atom is 0.367 e. The fourth-order valence-corrected chi connectivity index (χ4v) is 1.48. The third-order valence-corrected chi connectivity index (χ3v) is 2.60. The summed E-state index contributed by atoms with van der Waals surface area (Å²) in [7, 11) is 0. The average molecular weight is 386 g/mol. The van der Waals surface area contributed by atoms with Gasteiger partial charge in [0.15, 0.2) is 0 Å². The van der Waals surface area contributed by atoms with Crippen LogP contribution in [0.15, 0.2) is 0 Å². The van der Waals surface area contributed by atoms with Gasteiger partial charge in [-0.1, -0.05) is 36.1 Å². The van der Waals surface area contributed by atoms with E-state index in [1.54, 1.807) is 0 Å². The average Bonchev–Trinajstić information content (AvgIpc) is 2.37. The minimum absolute atomic E-state index is 2.80. The van der Waals surface area contributed by atoms with Crippen LogP contribution < -0.4 is 0 Å². The van der Waals surface area contributed by atoms with Crippen molar-refractivity contribution in [1.82, 2.24) is 0 Å². The van der Waals surface area contributed by atoms with E-state index in [0.29, 0.717) is 0 Å². The second kappa shape index (κ2) is 12.8. The summed E-state index contributed by atoms with van der Waals surface area (Å²) < 4.78 is 67.0. The van der Waals surface area contributed by atoms with Gasteiger partial charge >= 0.3 is 45.4 Å². The normalized spacial score (nSPS) is 17.5. The molecule has 0 saturated heterocycles. The van der Waals surface area contributed by atoms with Gasteiger partial charge < -0.3 is 0 Å². The van der Waals surface area contributed by atoms with Gasteiger partial charge in [0.2, 0.25) is 0 Å². The van der Waals surface area contributed by atoms with Crippen LogP contribution in [0.5, 0.6) is 0 Å². The Hall–Kier alpha value is 0.120. The van der Waals surface area contributed by atoms with Crippen LogP contribution in [-0.2, 0) is 90.2 Å². The fraction of sp³-hybridized carbons (Fsp3) is 0. The molecule has 0 aromatic carbocycles. The molecule has 4 atom stereocenters. The minimum Gasteiger partial charge on any atom is -0.220 e. The zero-order chi connectivity index (χ0) is 15.4. The van der Waals surface area contributed by atoms with Crippen molar-refractivity contribution >= 4 is 45.4 Å². The molecule has 4 unspecified atom stereocenters. The van der Waals surface area contributed by atoms with Crippen LogP contribution in [0.3, 0.4) is 0 Å². The van der Waals surface area contributed by atoms with Gasteiger partial charge in [0.05, 0.1) is 0 Å². The number of hydrogen-bond acceptors (Lipinski definition) is 16. The van der Waals surface area contributed by atoms with E-state index in [4.69, 9.17) is 10.5 Å². The van der Waals surface area contributed by atoms with Crippen molar-refractivity contribution in [2.45, 2.75) is 0 Å². The Labute approximate surface area is 118 Å². The summed E-state index contributed by atoms with van der Waals surface area (Å²) in [6.07, 6.45) is 0. The van der Waals surface area contributed by atoms with Gasteiger partial charge in [0.1, 0.15) is 0 Å². The van der Waals surface area contributed by atoms with Crippen LogP contribution in [0, 0.1) is 0 Å². The zero-order valence-electron chi connectivity index (χ0n) is 8.24. The molecule has 0 fully saturated rings. The molecule has 0 heterocycles. The first kappa shape index (κ1) is 20.1. The van der Waals surface area contributed by atoms with Crippen molar-refractivity contribution in [1.29, 1.82) is 0 Å². The molecule has 0 aliphatic carbocycles. The third-order valence-electron chi connectivity index (χ3n) is 0.589. The fourth-order valence-electron chi connectivity index (χ4n) is 0.242. The maximum atomic E-state index is 10.7. The van der Waals surface area contributed by atoms with Crippen LogP contribution in [0.4, 0.5) is 0 Å². The van der Waals surface area contributed by atoms with E-state index in [2.05, 4.69) is 44.7 Å². The van der Waals surface area contributed by atoms with Gasteiger partial charge in [-0.05, 0) is 5.04 Å². The third kappa shape index (κ3) is 11.9. The molecule has 0 aromatic heterocycles. The second-order valence-electron chi connectivity index (χ2n) is 1.51. The van der Waals surface area contributed by atoms with Crippen molar-refractivity contribution in [3.8, 4) is 0 Å². The lowest BCUT2D eigenvalue weighted by atomic mass is 14.5. The molecule has 0 aliphatic heterocycles. The Morgan fingerprint density at radius 3 is 1.50 bits per heavy atom. The van der Waals surface area contributed by atoms with Crippen molar-refractivity contribution in [3.05, 3.63) is 0 Å². The lowest BCUT2D eigenvalue weighted by molar-refractivity contribution is -0.456. The zero-order valence-corrected chi connectivity index (χ0v) is 11.5. The highest BCUT2D eigenvalue weighted by atomic mass is 32.3. The van der Waals surface area contributed by atoms with E-state index in [1.165, 1.54) is 0 Å². The Morgan fingerprint density at radius 2 is 0.950 bits per heavy atom. The first-order valence-electron chi connectivity index (χ1n) is 3.20. The summed E-state index contributed by atoms with van der Waals surface area (Å²) in [5, 5.41) is 24.4. The highest BCUT2D eigenvalue weighted by Crippen LogP contribution is 2.01. The molecule has 0 rings (SSSR count). The molecule has 20 heteroatoms. The molecule has 2 N–H and O–H groups in total. The molecule has 0 aliphatic rings. The summed E-state index contributed by atoms with van der Waals surface area (Å²) in [5.41, 5.74) is 0. The monoisotopic (exact) mass is 386 g/mol. The molecule has 122 valence electrons. The molecule has 0 saturated carbocycles. The number of hydrogen-bond donors (Lipinski definition) is 2. The Balaban J connectivity index is 3.72. The van der Waals surface area contributed by atoms with Crippen LogP contribution in [0.25, 0.3) is 0 Å². The van der Waals surface area contributed by atoms with Gasteiger partial charge in [-0.25, -0.2) is 10.5 Å². The molecule has 0 spiro atoms. The molecule has 16 nitrogen and oxygen atoms in total. The summed E-state index contributed by atoms with van der Waals surface area (Å²) in [6, 6.07) is 0. The van der Waals surface area contributed by atoms with E-state index < -0.39 is 45.4 Å². The van der Waals surface area contributed by atoms with E-state index in [0.717, 1.165) is 0 Å². The van der Waals surface area contributed by atoms with E-state index >= 15 is 0 Å². The standard InChI is InChI=1S/H2O16S4/c1-7-10-17(3)12-9-13-19(5)16-20(6)15-14-18(4)11-8-2/h1-2H. The van der Waals surface area contributed by atoms with E-state index in [9.17, 15) is 16.8 Å². The molecular weight excluding hydrogens is 384 g/mol. The quantitative estimate of drug-likeness (QED) is 0.259. The van der Waals surface area contributed by atoms with Crippen molar-refractivity contribution in [3.63, 3.8) is 0 Å². The van der Waals surface area contributed by atoms with Crippen LogP contribution in [-0.4, -0.2) is 27.4 Å². The van der Waals surface area contributed by atoms with Crippen LogP contribution >= 0.6 is 0 Å². The van der Waals surface area contributed by atoms with Crippen molar-refractivity contribution in [2.24, 2.45) is 0 Å². The predicted molar refractivity (Wildman–Crippen MR) is 48.7 cm³/mol. The van der Waals surface area contributed by atoms with Gasteiger partial charge in [-0.3, -0.25) is 0 Å². The Kier molecular flexibility index (Phi) is 12.9. The highest BCUT2D eigenvalue weighted by molar-refractivity contribution is 7.88. The SMILES string of the molecule is O=S(OOO)OOOS(=O)OS(=O)OOS(=O)OOO. The lowest BCUT2D eigenvalue weighted by Crippen LogP contribution is -2.11. The lowest BCUT2D eigenvalue weighted by Gasteiger charge is -2.00. The molecule has 0 aromatic rings. The van der Waals surface area contributed by atoms with Crippen molar-refractivity contribution in [2.75, 3.05) is 0 Å².